The molecule has 1 amide bonds. The van der Waals surface area contributed by atoms with Crippen LogP contribution in [0, 0.1) is 0 Å². The van der Waals surface area contributed by atoms with Crippen molar-refractivity contribution in [3.05, 3.63) is 11.1 Å². The van der Waals surface area contributed by atoms with Crippen molar-refractivity contribution in [2.75, 3.05) is 17.6 Å². The van der Waals surface area contributed by atoms with Crippen LogP contribution >= 0.6 is 23.1 Å². The number of carbonyl (C=O) groups is 1. The van der Waals surface area contributed by atoms with Crippen LogP contribution in [0.4, 0.5) is 5.13 Å². The summed E-state index contributed by atoms with van der Waals surface area (Å²) in [4.78, 5) is 15.0. The van der Waals surface area contributed by atoms with Crippen molar-refractivity contribution < 1.29 is 4.79 Å². The van der Waals surface area contributed by atoms with Crippen molar-refractivity contribution in [1.82, 2.24) is 4.98 Å². The third-order valence-electron chi connectivity index (χ3n) is 1.58. The number of rotatable bonds is 6. The Morgan fingerprint density at radius 2 is 2.53 bits per heavy atom. The summed E-state index contributed by atoms with van der Waals surface area (Å²) in [6.45, 7) is 2.22. The Morgan fingerprint density at radius 1 is 1.73 bits per heavy atom. The summed E-state index contributed by atoms with van der Waals surface area (Å²) >= 11 is 3.28. The van der Waals surface area contributed by atoms with Crippen LogP contribution in [0.5, 0.6) is 0 Å². The molecular weight excluding hydrogens is 230 g/mol. The lowest BCUT2D eigenvalue weighted by atomic mass is 10.5. The molecule has 0 saturated heterocycles. The molecule has 0 aliphatic heterocycles. The van der Waals surface area contributed by atoms with Gasteiger partial charge in [0.25, 0.3) is 0 Å². The lowest BCUT2D eigenvalue weighted by Gasteiger charge is -1.97. The third kappa shape index (κ3) is 5.15. The summed E-state index contributed by atoms with van der Waals surface area (Å²) in [6, 6.07) is 0. The molecule has 1 aromatic rings. The first-order valence-electron chi connectivity index (χ1n) is 4.72. The van der Waals surface area contributed by atoms with Crippen LogP contribution in [0.2, 0.25) is 0 Å². The first kappa shape index (κ1) is 12.5. The average molecular weight is 245 g/mol. The SMILES string of the molecule is CC(=O)Nc1nc(CSCCCN)cs1. The quantitative estimate of drug-likeness (QED) is 0.748. The molecule has 0 aromatic carbocycles. The van der Waals surface area contributed by atoms with Crippen molar-refractivity contribution >= 4 is 34.1 Å². The normalized spacial score (nSPS) is 10.3. The van der Waals surface area contributed by atoms with Gasteiger partial charge in [-0.25, -0.2) is 4.98 Å². The number of aromatic nitrogens is 1. The van der Waals surface area contributed by atoms with E-state index in [1.807, 2.05) is 17.1 Å². The molecule has 6 heteroatoms. The summed E-state index contributed by atoms with van der Waals surface area (Å²) in [5.74, 6) is 1.87. The van der Waals surface area contributed by atoms with Crippen LogP contribution in [0.1, 0.15) is 19.0 Å². The molecule has 0 aliphatic carbocycles. The van der Waals surface area contributed by atoms with Crippen molar-refractivity contribution in [1.29, 1.82) is 0 Å². The maximum Gasteiger partial charge on any atom is 0.223 e. The fraction of sp³-hybridized carbons (Fsp3) is 0.556. The van der Waals surface area contributed by atoms with Crippen LogP contribution in [-0.2, 0) is 10.5 Å². The van der Waals surface area contributed by atoms with Crippen LogP contribution in [-0.4, -0.2) is 23.2 Å². The van der Waals surface area contributed by atoms with E-state index >= 15 is 0 Å². The highest BCUT2D eigenvalue weighted by Crippen LogP contribution is 2.19. The van der Waals surface area contributed by atoms with E-state index in [0.29, 0.717) is 5.13 Å². The van der Waals surface area contributed by atoms with Gasteiger partial charge >= 0.3 is 0 Å². The van der Waals surface area contributed by atoms with Gasteiger partial charge in [-0.05, 0) is 18.7 Å². The number of amides is 1. The molecule has 0 spiro atoms. The van der Waals surface area contributed by atoms with Gasteiger partial charge in [0, 0.05) is 18.1 Å². The molecule has 15 heavy (non-hydrogen) atoms. The van der Waals surface area contributed by atoms with E-state index < -0.39 is 0 Å². The fourth-order valence-corrected chi connectivity index (χ4v) is 2.68. The monoisotopic (exact) mass is 245 g/mol. The van der Waals surface area contributed by atoms with Gasteiger partial charge < -0.3 is 11.1 Å². The highest BCUT2D eigenvalue weighted by atomic mass is 32.2. The molecule has 3 N–H and O–H groups in total. The Hall–Kier alpha value is -0.590. The zero-order valence-corrected chi connectivity index (χ0v) is 10.3. The number of anilines is 1. The van der Waals surface area contributed by atoms with Crippen molar-refractivity contribution in [2.24, 2.45) is 5.73 Å². The van der Waals surface area contributed by atoms with Crippen molar-refractivity contribution in [3.8, 4) is 0 Å². The minimum Gasteiger partial charge on any atom is -0.330 e. The zero-order chi connectivity index (χ0) is 11.1. The van der Waals surface area contributed by atoms with Crippen LogP contribution in [0.15, 0.2) is 5.38 Å². The van der Waals surface area contributed by atoms with Crippen molar-refractivity contribution in [3.63, 3.8) is 0 Å². The molecule has 0 radical (unpaired) electrons. The number of carbonyl (C=O) groups excluding carboxylic acids is 1. The number of thiazole rings is 1. The van der Waals surface area contributed by atoms with E-state index in [1.165, 1.54) is 18.3 Å². The van der Waals surface area contributed by atoms with E-state index in [1.54, 1.807) is 0 Å². The molecule has 0 unspecified atom stereocenters. The predicted molar refractivity (Wildman–Crippen MR) is 66.3 cm³/mol. The summed E-state index contributed by atoms with van der Waals surface area (Å²) < 4.78 is 0. The molecule has 1 aromatic heterocycles. The first-order chi connectivity index (χ1) is 7.22. The minimum absolute atomic E-state index is 0.0771. The average Bonchev–Trinajstić information content (AvgIpc) is 2.59. The molecule has 0 atom stereocenters. The van der Waals surface area contributed by atoms with Crippen LogP contribution in [0.3, 0.4) is 0 Å². The van der Waals surface area contributed by atoms with Crippen LogP contribution in [0.25, 0.3) is 0 Å². The second-order valence-electron chi connectivity index (χ2n) is 3.02. The van der Waals surface area contributed by atoms with Gasteiger partial charge in [0.15, 0.2) is 5.13 Å². The standard InChI is InChI=1S/C9H15N3OS2/c1-7(13)11-9-12-8(6-15-9)5-14-4-2-3-10/h6H,2-5,10H2,1H3,(H,11,12,13). The largest absolute Gasteiger partial charge is 0.330 e. The fourth-order valence-electron chi connectivity index (χ4n) is 0.943. The maximum atomic E-state index is 10.8. The Bertz CT molecular complexity index is 314. The molecule has 0 bridgehead atoms. The number of nitrogens with two attached hydrogens (primary N) is 1. The lowest BCUT2D eigenvalue weighted by molar-refractivity contribution is -0.114. The Balaban J connectivity index is 2.29. The zero-order valence-electron chi connectivity index (χ0n) is 8.66. The van der Waals surface area contributed by atoms with Gasteiger partial charge in [0.2, 0.25) is 5.91 Å². The number of nitrogens with zero attached hydrogens (tertiary/aromatic N) is 1. The number of hydrogen-bond acceptors (Lipinski definition) is 5. The summed E-state index contributed by atoms with van der Waals surface area (Å²) in [7, 11) is 0. The van der Waals surface area contributed by atoms with Gasteiger partial charge in [0.1, 0.15) is 0 Å². The maximum absolute atomic E-state index is 10.8. The summed E-state index contributed by atoms with van der Waals surface area (Å²) in [6.07, 6.45) is 1.04. The molecule has 0 fully saturated rings. The van der Waals surface area contributed by atoms with Crippen LogP contribution < -0.4 is 11.1 Å². The molecular formula is C9H15N3OS2. The molecule has 1 heterocycles. The minimum atomic E-state index is -0.0771. The molecule has 0 aliphatic rings. The molecule has 4 nitrogen and oxygen atoms in total. The van der Waals surface area contributed by atoms with Gasteiger partial charge in [-0.15, -0.1) is 11.3 Å². The van der Waals surface area contributed by atoms with Gasteiger partial charge in [-0.1, -0.05) is 0 Å². The molecule has 84 valence electrons. The summed E-state index contributed by atoms with van der Waals surface area (Å²) in [5, 5.41) is 5.32. The van der Waals surface area contributed by atoms with E-state index in [9.17, 15) is 4.79 Å². The Kier molecular flexibility index (Phi) is 5.67. The Morgan fingerprint density at radius 3 is 3.20 bits per heavy atom. The smallest absolute Gasteiger partial charge is 0.223 e. The number of hydrogen-bond donors (Lipinski definition) is 2. The van der Waals surface area contributed by atoms with E-state index in [0.717, 1.165) is 30.2 Å². The Labute approximate surface area is 97.7 Å². The van der Waals surface area contributed by atoms with Gasteiger partial charge in [0.05, 0.1) is 5.69 Å². The van der Waals surface area contributed by atoms with E-state index in [-0.39, 0.29) is 5.91 Å². The summed E-state index contributed by atoms with van der Waals surface area (Å²) in [5.41, 5.74) is 6.41. The van der Waals surface area contributed by atoms with Gasteiger partial charge in [-0.3, -0.25) is 4.79 Å². The highest BCUT2D eigenvalue weighted by Gasteiger charge is 2.02. The second-order valence-corrected chi connectivity index (χ2v) is 4.98. The molecule has 0 saturated carbocycles. The molecule has 1 rings (SSSR count). The lowest BCUT2D eigenvalue weighted by Crippen LogP contribution is -2.05. The van der Waals surface area contributed by atoms with Gasteiger partial charge in [-0.2, -0.15) is 11.8 Å². The van der Waals surface area contributed by atoms with E-state index in [4.69, 9.17) is 5.73 Å². The van der Waals surface area contributed by atoms with Crippen molar-refractivity contribution in [2.45, 2.75) is 19.1 Å². The van der Waals surface area contributed by atoms with E-state index in [2.05, 4.69) is 10.3 Å². The number of thioether (sulfide) groups is 1. The predicted octanol–water partition coefficient (Wildman–Crippen LogP) is 1.68. The second kappa shape index (κ2) is 6.81. The first-order valence-corrected chi connectivity index (χ1v) is 6.75. The topological polar surface area (TPSA) is 68.0 Å². The highest BCUT2D eigenvalue weighted by molar-refractivity contribution is 7.98. The third-order valence-corrected chi connectivity index (χ3v) is 3.46. The number of nitrogens with one attached hydrogen (secondary N) is 1.